The Hall–Kier alpha value is -3.73. The van der Waals surface area contributed by atoms with Crippen molar-refractivity contribution in [3.63, 3.8) is 0 Å². The summed E-state index contributed by atoms with van der Waals surface area (Å²) in [6, 6.07) is 23.1. The van der Waals surface area contributed by atoms with Crippen LogP contribution in [0, 0.1) is 10.1 Å². The second-order valence-electron chi connectivity index (χ2n) is 6.59. The predicted molar refractivity (Wildman–Crippen MR) is 108 cm³/mol. The molecule has 0 saturated heterocycles. The first-order valence-electron chi connectivity index (χ1n) is 8.66. The van der Waals surface area contributed by atoms with Gasteiger partial charge in [0.25, 0.3) is 5.69 Å². The number of aromatic nitrogens is 2. The average Bonchev–Trinajstić information content (AvgIpc) is 3.06. The van der Waals surface area contributed by atoms with E-state index in [9.17, 15) is 10.1 Å². The van der Waals surface area contributed by atoms with E-state index in [1.807, 2.05) is 41.9 Å². The number of non-ortho nitro benzene ring substituents is 1. The number of nitro groups is 1. The first kappa shape index (κ1) is 15.5. The molecule has 0 aliphatic heterocycles. The van der Waals surface area contributed by atoms with Crippen molar-refractivity contribution in [3.05, 3.63) is 82.9 Å². The van der Waals surface area contributed by atoms with Crippen molar-refractivity contribution >= 4 is 38.3 Å². The predicted octanol–water partition coefficient (Wildman–Crippen LogP) is 5.45. The van der Waals surface area contributed by atoms with Crippen molar-refractivity contribution in [2.24, 2.45) is 7.05 Å². The number of benzene rings is 4. The molecule has 0 radical (unpaired) electrons. The van der Waals surface area contributed by atoms with Gasteiger partial charge in [0, 0.05) is 35.5 Å². The number of hydrogen-bond donors (Lipinski definition) is 0. The topological polar surface area (TPSA) is 61.0 Å². The standard InChI is InChI=1S/C22H15N3O2/c1-24-21-19-12-5-3-10-17(19)16-9-2-4-11-18(16)20(21)23-22(24)14-7-6-8-15(13-14)25(26)27/h2-13H,1H3. The average molecular weight is 353 g/mol. The number of nitro benzene ring substituents is 1. The number of hydrogen-bond acceptors (Lipinski definition) is 3. The van der Waals surface area contributed by atoms with E-state index in [4.69, 9.17) is 4.98 Å². The Bertz CT molecular complexity index is 1370. The molecule has 5 aromatic rings. The van der Waals surface area contributed by atoms with Gasteiger partial charge in [-0.15, -0.1) is 0 Å². The quantitative estimate of drug-likeness (QED) is 0.241. The summed E-state index contributed by atoms with van der Waals surface area (Å²) >= 11 is 0. The minimum absolute atomic E-state index is 0.0641. The second-order valence-corrected chi connectivity index (χ2v) is 6.59. The fourth-order valence-corrected chi connectivity index (χ4v) is 3.86. The van der Waals surface area contributed by atoms with E-state index in [1.165, 1.54) is 11.5 Å². The van der Waals surface area contributed by atoms with Crippen LogP contribution in [0.25, 0.3) is 44.0 Å². The van der Waals surface area contributed by atoms with Crippen LogP contribution in [0.2, 0.25) is 0 Å². The van der Waals surface area contributed by atoms with Crippen LogP contribution >= 0.6 is 0 Å². The van der Waals surface area contributed by atoms with E-state index in [1.54, 1.807) is 12.1 Å². The molecule has 130 valence electrons. The van der Waals surface area contributed by atoms with Crippen LogP contribution < -0.4 is 0 Å². The number of rotatable bonds is 2. The summed E-state index contributed by atoms with van der Waals surface area (Å²) in [6.45, 7) is 0. The fourth-order valence-electron chi connectivity index (χ4n) is 3.86. The van der Waals surface area contributed by atoms with Crippen molar-refractivity contribution in [1.29, 1.82) is 0 Å². The Balaban J connectivity index is 1.94. The smallest absolute Gasteiger partial charge is 0.270 e. The van der Waals surface area contributed by atoms with Crippen LogP contribution in [-0.4, -0.2) is 14.5 Å². The maximum Gasteiger partial charge on any atom is 0.270 e. The molecule has 0 N–H and O–H groups in total. The largest absolute Gasteiger partial charge is 0.327 e. The minimum atomic E-state index is -0.378. The molecular formula is C22H15N3O2. The van der Waals surface area contributed by atoms with E-state index in [0.29, 0.717) is 0 Å². The monoisotopic (exact) mass is 353 g/mol. The maximum absolute atomic E-state index is 11.2. The van der Waals surface area contributed by atoms with Gasteiger partial charge in [-0.1, -0.05) is 60.7 Å². The Morgan fingerprint density at radius 2 is 1.48 bits per heavy atom. The SMILES string of the molecule is Cn1c(-c2cccc([N+](=O)[O-])c2)nc2c3ccccc3c3ccccc3c21. The lowest BCUT2D eigenvalue weighted by atomic mass is 10.00. The molecule has 0 saturated carbocycles. The highest BCUT2D eigenvalue weighted by Crippen LogP contribution is 2.37. The van der Waals surface area contributed by atoms with Crippen LogP contribution in [0.4, 0.5) is 5.69 Å². The molecule has 5 heteroatoms. The second kappa shape index (κ2) is 5.64. The summed E-state index contributed by atoms with van der Waals surface area (Å²) in [5.41, 5.74) is 2.74. The summed E-state index contributed by atoms with van der Waals surface area (Å²) in [4.78, 5) is 15.7. The van der Waals surface area contributed by atoms with Crippen molar-refractivity contribution < 1.29 is 4.92 Å². The molecule has 27 heavy (non-hydrogen) atoms. The number of imidazole rings is 1. The molecule has 0 unspecified atom stereocenters. The van der Waals surface area contributed by atoms with Crippen LogP contribution in [0.15, 0.2) is 72.8 Å². The maximum atomic E-state index is 11.2. The molecule has 1 aromatic heterocycles. The zero-order chi connectivity index (χ0) is 18.5. The zero-order valence-electron chi connectivity index (χ0n) is 14.6. The molecule has 5 rings (SSSR count). The zero-order valence-corrected chi connectivity index (χ0v) is 14.6. The van der Waals surface area contributed by atoms with E-state index in [-0.39, 0.29) is 10.6 Å². The van der Waals surface area contributed by atoms with Gasteiger partial charge in [0.1, 0.15) is 5.82 Å². The van der Waals surface area contributed by atoms with Gasteiger partial charge in [0.2, 0.25) is 0 Å². The van der Waals surface area contributed by atoms with E-state index in [0.717, 1.165) is 38.6 Å². The van der Waals surface area contributed by atoms with E-state index >= 15 is 0 Å². The van der Waals surface area contributed by atoms with Crippen LogP contribution in [0.5, 0.6) is 0 Å². The summed E-state index contributed by atoms with van der Waals surface area (Å²) in [5.74, 6) is 0.718. The summed E-state index contributed by atoms with van der Waals surface area (Å²) in [7, 11) is 1.96. The van der Waals surface area contributed by atoms with Crippen LogP contribution in [0.1, 0.15) is 0 Å². The minimum Gasteiger partial charge on any atom is -0.327 e. The fraction of sp³-hybridized carbons (Fsp3) is 0.0455. The van der Waals surface area contributed by atoms with Crippen LogP contribution in [0.3, 0.4) is 0 Å². The normalized spacial score (nSPS) is 11.4. The lowest BCUT2D eigenvalue weighted by Gasteiger charge is -2.08. The number of aryl methyl sites for hydroxylation is 1. The van der Waals surface area contributed by atoms with Gasteiger partial charge in [-0.25, -0.2) is 4.98 Å². The Kier molecular flexibility index (Phi) is 3.24. The van der Waals surface area contributed by atoms with Gasteiger partial charge in [0.05, 0.1) is 16.0 Å². The highest BCUT2D eigenvalue weighted by molar-refractivity contribution is 6.23. The van der Waals surface area contributed by atoms with Crippen molar-refractivity contribution in [2.75, 3.05) is 0 Å². The number of nitrogens with zero attached hydrogens (tertiary/aromatic N) is 3. The first-order chi connectivity index (χ1) is 13.1. The molecule has 0 bridgehead atoms. The van der Waals surface area contributed by atoms with Crippen molar-refractivity contribution in [2.45, 2.75) is 0 Å². The van der Waals surface area contributed by atoms with Gasteiger partial charge in [-0.2, -0.15) is 0 Å². The van der Waals surface area contributed by atoms with Crippen molar-refractivity contribution in [3.8, 4) is 11.4 Å². The Morgan fingerprint density at radius 3 is 2.19 bits per heavy atom. The molecule has 4 aromatic carbocycles. The third-order valence-corrected chi connectivity index (χ3v) is 5.06. The molecular weight excluding hydrogens is 338 g/mol. The Labute approximate surface area is 154 Å². The van der Waals surface area contributed by atoms with Gasteiger partial charge >= 0.3 is 0 Å². The van der Waals surface area contributed by atoms with Gasteiger partial charge in [-0.3, -0.25) is 10.1 Å². The molecule has 5 nitrogen and oxygen atoms in total. The highest BCUT2D eigenvalue weighted by Gasteiger charge is 2.17. The molecule has 0 amide bonds. The van der Waals surface area contributed by atoms with E-state index in [2.05, 4.69) is 24.3 Å². The molecule has 0 atom stereocenters. The first-order valence-corrected chi connectivity index (χ1v) is 8.66. The lowest BCUT2D eigenvalue weighted by Crippen LogP contribution is -1.94. The summed E-state index contributed by atoms with van der Waals surface area (Å²) in [5, 5.41) is 15.7. The van der Waals surface area contributed by atoms with Gasteiger partial charge < -0.3 is 4.57 Å². The molecule has 0 fully saturated rings. The molecule has 0 aliphatic carbocycles. The third-order valence-electron chi connectivity index (χ3n) is 5.06. The molecule has 0 aliphatic rings. The van der Waals surface area contributed by atoms with Gasteiger partial charge in [0.15, 0.2) is 0 Å². The summed E-state index contributed by atoms with van der Waals surface area (Å²) < 4.78 is 2.03. The summed E-state index contributed by atoms with van der Waals surface area (Å²) in [6.07, 6.45) is 0. The molecule has 1 heterocycles. The van der Waals surface area contributed by atoms with E-state index < -0.39 is 0 Å². The highest BCUT2D eigenvalue weighted by atomic mass is 16.6. The molecule has 0 spiro atoms. The Morgan fingerprint density at radius 1 is 0.852 bits per heavy atom. The van der Waals surface area contributed by atoms with Crippen molar-refractivity contribution in [1.82, 2.24) is 9.55 Å². The lowest BCUT2D eigenvalue weighted by molar-refractivity contribution is -0.384. The third kappa shape index (κ3) is 2.22. The van der Waals surface area contributed by atoms with Crippen LogP contribution in [-0.2, 0) is 7.05 Å². The number of fused-ring (bicyclic) bond motifs is 6. The van der Waals surface area contributed by atoms with Gasteiger partial charge in [-0.05, 0) is 10.8 Å².